The smallest absolute Gasteiger partial charge is 0.269 e. The Morgan fingerprint density at radius 1 is 1.32 bits per heavy atom. The molecule has 1 aliphatic rings. The van der Waals surface area contributed by atoms with Crippen LogP contribution in [0.15, 0.2) is 24.3 Å². The zero-order valence-corrected chi connectivity index (χ0v) is 12.3. The lowest BCUT2D eigenvalue weighted by Gasteiger charge is -2.07. The van der Waals surface area contributed by atoms with E-state index in [2.05, 4.69) is 5.32 Å². The van der Waals surface area contributed by atoms with Crippen molar-refractivity contribution in [3.8, 4) is 5.75 Å². The van der Waals surface area contributed by atoms with Gasteiger partial charge in [0.1, 0.15) is 5.75 Å². The fraction of sp³-hybridized carbons (Fsp3) is 0.533. The van der Waals surface area contributed by atoms with Gasteiger partial charge in [0.2, 0.25) is 0 Å². The van der Waals surface area contributed by atoms with E-state index in [1.165, 1.54) is 37.1 Å². The number of nitrogens with zero attached hydrogens (tertiary/aromatic N) is 1. The van der Waals surface area contributed by atoms with Crippen molar-refractivity contribution in [3.05, 3.63) is 34.4 Å². The SMILES string of the molecule is O=C(COc1ccc([N+](=O)[O-])cc1)NCCCOCC1CC1. The Labute approximate surface area is 128 Å². The van der Waals surface area contributed by atoms with Gasteiger partial charge in [0, 0.05) is 31.9 Å². The first kappa shape index (κ1) is 16.2. The van der Waals surface area contributed by atoms with E-state index in [9.17, 15) is 14.9 Å². The van der Waals surface area contributed by atoms with Gasteiger partial charge in [-0.15, -0.1) is 0 Å². The first-order valence-corrected chi connectivity index (χ1v) is 7.37. The lowest BCUT2D eigenvalue weighted by atomic mass is 10.3. The molecule has 0 unspecified atom stereocenters. The van der Waals surface area contributed by atoms with Gasteiger partial charge in [0.05, 0.1) is 4.92 Å². The van der Waals surface area contributed by atoms with Gasteiger partial charge in [-0.2, -0.15) is 0 Å². The lowest BCUT2D eigenvalue weighted by molar-refractivity contribution is -0.384. The van der Waals surface area contributed by atoms with E-state index < -0.39 is 4.92 Å². The summed E-state index contributed by atoms with van der Waals surface area (Å²) in [6, 6.07) is 5.61. The predicted octanol–water partition coefficient (Wildman–Crippen LogP) is 1.91. The van der Waals surface area contributed by atoms with Crippen LogP contribution in [0.1, 0.15) is 19.3 Å². The fourth-order valence-electron chi connectivity index (χ4n) is 1.80. The molecule has 0 radical (unpaired) electrons. The number of hydrogen-bond acceptors (Lipinski definition) is 5. The quantitative estimate of drug-likeness (QED) is 0.405. The number of hydrogen-bond donors (Lipinski definition) is 1. The molecule has 0 spiro atoms. The van der Waals surface area contributed by atoms with E-state index in [0.717, 1.165) is 18.9 Å². The standard InChI is InChI=1S/C15H20N2O5/c18-15(16-8-1-9-21-10-12-2-3-12)11-22-14-6-4-13(5-7-14)17(19)20/h4-7,12H,1-3,8-11H2,(H,16,18). The van der Waals surface area contributed by atoms with Gasteiger partial charge in [-0.1, -0.05) is 0 Å². The Hall–Kier alpha value is -2.15. The van der Waals surface area contributed by atoms with Gasteiger partial charge in [0.25, 0.3) is 11.6 Å². The number of nitro benzene ring substituents is 1. The summed E-state index contributed by atoms with van der Waals surface area (Å²) in [7, 11) is 0. The average molecular weight is 308 g/mol. The van der Waals surface area contributed by atoms with Crippen molar-refractivity contribution in [1.82, 2.24) is 5.32 Å². The van der Waals surface area contributed by atoms with Gasteiger partial charge in [-0.25, -0.2) is 0 Å². The second-order valence-electron chi connectivity index (χ2n) is 5.26. The molecule has 22 heavy (non-hydrogen) atoms. The Morgan fingerprint density at radius 2 is 2.05 bits per heavy atom. The van der Waals surface area contributed by atoms with Crippen molar-refractivity contribution >= 4 is 11.6 Å². The summed E-state index contributed by atoms with van der Waals surface area (Å²) in [5.74, 6) is 0.957. The average Bonchev–Trinajstić information content (AvgIpc) is 3.33. The van der Waals surface area contributed by atoms with Gasteiger partial charge < -0.3 is 14.8 Å². The van der Waals surface area contributed by atoms with E-state index in [1.807, 2.05) is 0 Å². The maximum atomic E-state index is 11.6. The molecule has 1 saturated carbocycles. The number of non-ortho nitro benzene ring substituents is 1. The van der Waals surface area contributed by atoms with E-state index in [1.54, 1.807) is 0 Å². The first-order valence-electron chi connectivity index (χ1n) is 7.37. The zero-order chi connectivity index (χ0) is 15.8. The third kappa shape index (κ3) is 6.09. The molecule has 1 aliphatic carbocycles. The molecule has 0 atom stereocenters. The predicted molar refractivity (Wildman–Crippen MR) is 79.8 cm³/mol. The van der Waals surface area contributed by atoms with Crippen LogP contribution in [0.25, 0.3) is 0 Å². The van der Waals surface area contributed by atoms with Crippen molar-refractivity contribution in [3.63, 3.8) is 0 Å². The summed E-state index contributed by atoms with van der Waals surface area (Å²) in [6.07, 6.45) is 3.32. The minimum atomic E-state index is -0.484. The lowest BCUT2D eigenvalue weighted by Crippen LogP contribution is -2.30. The molecule has 1 fully saturated rings. The summed E-state index contributed by atoms with van der Waals surface area (Å²) in [6.45, 7) is 1.92. The Kier molecular flexibility index (Phi) is 6.14. The second-order valence-corrected chi connectivity index (χ2v) is 5.26. The van der Waals surface area contributed by atoms with Crippen LogP contribution in [0, 0.1) is 16.0 Å². The third-order valence-electron chi connectivity index (χ3n) is 3.26. The summed E-state index contributed by atoms with van der Waals surface area (Å²) < 4.78 is 10.7. The molecule has 0 saturated heterocycles. The highest BCUT2D eigenvalue weighted by Gasteiger charge is 2.20. The third-order valence-corrected chi connectivity index (χ3v) is 3.26. The number of carbonyl (C=O) groups is 1. The van der Waals surface area contributed by atoms with Crippen molar-refractivity contribution in [2.75, 3.05) is 26.4 Å². The van der Waals surface area contributed by atoms with Crippen LogP contribution in [-0.2, 0) is 9.53 Å². The number of carbonyl (C=O) groups excluding carboxylic acids is 1. The van der Waals surface area contributed by atoms with E-state index in [0.29, 0.717) is 18.9 Å². The first-order chi connectivity index (χ1) is 10.6. The van der Waals surface area contributed by atoms with Crippen LogP contribution >= 0.6 is 0 Å². The van der Waals surface area contributed by atoms with E-state index >= 15 is 0 Å². The molecular formula is C15H20N2O5. The van der Waals surface area contributed by atoms with Crippen molar-refractivity contribution < 1.29 is 19.2 Å². The topological polar surface area (TPSA) is 90.7 Å². The molecule has 0 heterocycles. The normalized spacial score (nSPS) is 13.6. The van der Waals surface area contributed by atoms with Crippen molar-refractivity contribution in [1.29, 1.82) is 0 Å². The molecule has 0 bridgehead atoms. The Balaban J connectivity index is 1.53. The molecule has 0 aliphatic heterocycles. The fourth-order valence-corrected chi connectivity index (χ4v) is 1.80. The van der Waals surface area contributed by atoms with Gasteiger partial charge in [-0.3, -0.25) is 14.9 Å². The molecular weight excluding hydrogens is 288 g/mol. The maximum Gasteiger partial charge on any atom is 0.269 e. The van der Waals surface area contributed by atoms with Gasteiger partial charge in [-0.05, 0) is 37.3 Å². The van der Waals surface area contributed by atoms with Crippen LogP contribution in [0.4, 0.5) is 5.69 Å². The highest BCUT2D eigenvalue weighted by Crippen LogP contribution is 2.28. The largest absolute Gasteiger partial charge is 0.484 e. The summed E-state index contributed by atoms with van der Waals surface area (Å²) in [4.78, 5) is 21.6. The van der Waals surface area contributed by atoms with Gasteiger partial charge in [0.15, 0.2) is 6.61 Å². The van der Waals surface area contributed by atoms with Gasteiger partial charge >= 0.3 is 0 Å². The Bertz CT molecular complexity index is 499. The Morgan fingerprint density at radius 3 is 2.68 bits per heavy atom. The number of nitrogens with one attached hydrogen (secondary N) is 1. The molecule has 2 rings (SSSR count). The molecule has 7 heteroatoms. The van der Waals surface area contributed by atoms with E-state index in [4.69, 9.17) is 9.47 Å². The second kappa shape index (κ2) is 8.33. The minimum Gasteiger partial charge on any atom is -0.484 e. The number of benzene rings is 1. The number of amides is 1. The zero-order valence-electron chi connectivity index (χ0n) is 12.3. The molecule has 1 amide bonds. The van der Waals surface area contributed by atoms with Crippen LogP contribution < -0.4 is 10.1 Å². The van der Waals surface area contributed by atoms with E-state index in [-0.39, 0.29) is 18.2 Å². The van der Waals surface area contributed by atoms with Crippen LogP contribution in [0.2, 0.25) is 0 Å². The van der Waals surface area contributed by atoms with Crippen LogP contribution in [0.3, 0.4) is 0 Å². The number of ether oxygens (including phenoxy) is 2. The molecule has 1 N–H and O–H groups in total. The summed E-state index contributed by atoms with van der Waals surface area (Å²) in [5.41, 5.74) is -0.0111. The van der Waals surface area contributed by atoms with Crippen LogP contribution in [0.5, 0.6) is 5.75 Å². The highest BCUT2D eigenvalue weighted by molar-refractivity contribution is 5.77. The monoisotopic (exact) mass is 308 g/mol. The minimum absolute atomic E-state index is 0.0111. The number of rotatable bonds is 10. The highest BCUT2D eigenvalue weighted by atomic mass is 16.6. The van der Waals surface area contributed by atoms with Crippen molar-refractivity contribution in [2.24, 2.45) is 5.92 Å². The van der Waals surface area contributed by atoms with Crippen LogP contribution in [-0.4, -0.2) is 37.2 Å². The summed E-state index contributed by atoms with van der Waals surface area (Å²) in [5, 5.41) is 13.2. The maximum absolute atomic E-state index is 11.6. The number of nitro groups is 1. The molecule has 1 aromatic rings. The molecule has 0 aromatic heterocycles. The van der Waals surface area contributed by atoms with Crippen molar-refractivity contribution in [2.45, 2.75) is 19.3 Å². The molecule has 1 aromatic carbocycles. The molecule has 7 nitrogen and oxygen atoms in total. The molecule has 120 valence electrons. The summed E-state index contributed by atoms with van der Waals surface area (Å²) >= 11 is 0.